The highest BCUT2D eigenvalue weighted by molar-refractivity contribution is 6.26. The molecule has 0 fully saturated rings. The van der Waals surface area contributed by atoms with Crippen molar-refractivity contribution in [3.8, 4) is 22.3 Å². The van der Waals surface area contributed by atoms with Crippen LogP contribution in [0.5, 0.6) is 0 Å². The summed E-state index contributed by atoms with van der Waals surface area (Å²) >= 11 is 0. The summed E-state index contributed by atoms with van der Waals surface area (Å²) in [5.74, 6) is 0. The maximum Gasteiger partial charge on any atom is 0.416 e. The summed E-state index contributed by atoms with van der Waals surface area (Å²) in [6.45, 7) is 12.9. The average molecular weight is 1050 g/mol. The van der Waals surface area contributed by atoms with Crippen molar-refractivity contribution in [1.82, 2.24) is 0 Å². The molecule has 0 heterocycles. The molecule has 2 aliphatic carbocycles. The molecule has 0 atom stereocenters. The number of benzene rings is 11. The van der Waals surface area contributed by atoms with Crippen molar-refractivity contribution >= 4 is 66.4 Å². The number of anilines is 6. The zero-order chi connectivity index (χ0) is 55.0. The Morgan fingerprint density at radius 2 is 0.570 bits per heavy atom. The molecular weight excluding hydrogens is 995 g/mol. The SMILES string of the molecule is CC(C)(C)c1ccc(N(c2ccc(C(F)(F)F)cc2)c2ccc3c(c2)C2(c4ccccc4-c4cc5c6ccccc6c6ccccc6c5cc42)c2cc(N(c4ccc(C(C)(C)C)cc4)c4ccc(C(F)(F)F)cc4)ccc2-3)cc1. The van der Waals surface area contributed by atoms with Gasteiger partial charge in [-0.25, -0.2) is 0 Å². The van der Waals surface area contributed by atoms with Crippen LogP contribution in [0.25, 0.3) is 54.6 Å². The maximum atomic E-state index is 14.2. The Morgan fingerprint density at radius 3 is 0.949 bits per heavy atom. The standard InChI is InChI=1S/C71H54F6N2/c1-67(2,3)43-19-27-47(28-20-43)78(49-31-23-45(24-32-49)70(72,73)74)51-35-37-58-59-38-36-52(79(48-29-21-44(22-30-48)68(4,5)6)50-33-25-46(26-34-50)71(75,76)77)40-65(59)69(64(58)39-51)63-18-12-11-17-57(63)62-41-60-55-15-9-7-13-53(55)54-14-8-10-16-56(54)61(60)42-66(62)69/h7-42H,1-6H3. The van der Waals surface area contributed by atoms with Crippen LogP contribution >= 0.6 is 0 Å². The van der Waals surface area contributed by atoms with E-state index in [1.165, 1.54) is 24.3 Å². The van der Waals surface area contributed by atoms with Gasteiger partial charge in [-0.2, -0.15) is 26.3 Å². The monoisotopic (exact) mass is 1050 g/mol. The van der Waals surface area contributed by atoms with E-state index in [0.29, 0.717) is 11.4 Å². The molecule has 11 aromatic rings. The second kappa shape index (κ2) is 17.7. The lowest BCUT2D eigenvalue weighted by molar-refractivity contribution is -0.138. The molecule has 1 spiro atoms. The molecule has 0 unspecified atom stereocenters. The zero-order valence-electron chi connectivity index (χ0n) is 44.4. The van der Waals surface area contributed by atoms with Gasteiger partial charge in [0.1, 0.15) is 0 Å². The Balaban J connectivity index is 1.11. The van der Waals surface area contributed by atoms with E-state index in [2.05, 4.69) is 187 Å². The lowest BCUT2D eigenvalue weighted by Gasteiger charge is -2.33. The molecule has 11 aromatic carbocycles. The minimum absolute atomic E-state index is 0.148. The summed E-state index contributed by atoms with van der Waals surface area (Å²) in [6.07, 6.45) is -9.05. The first-order valence-electron chi connectivity index (χ1n) is 26.6. The van der Waals surface area contributed by atoms with Crippen LogP contribution in [0.1, 0.15) is 86.1 Å². The van der Waals surface area contributed by atoms with Gasteiger partial charge in [0.05, 0.1) is 16.5 Å². The van der Waals surface area contributed by atoms with Gasteiger partial charge >= 0.3 is 12.4 Å². The van der Waals surface area contributed by atoms with Gasteiger partial charge in [-0.15, -0.1) is 0 Å². The third-order valence-electron chi connectivity index (χ3n) is 16.4. The molecule has 79 heavy (non-hydrogen) atoms. The van der Waals surface area contributed by atoms with Crippen LogP contribution in [-0.2, 0) is 28.6 Å². The molecule has 0 bridgehead atoms. The molecule has 13 rings (SSSR count). The van der Waals surface area contributed by atoms with Crippen molar-refractivity contribution in [3.63, 3.8) is 0 Å². The average Bonchev–Trinajstić information content (AvgIpc) is 2.30. The first kappa shape index (κ1) is 49.9. The Morgan fingerprint density at radius 1 is 0.266 bits per heavy atom. The van der Waals surface area contributed by atoms with E-state index in [9.17, 15) is 26.3 Å². The second-order valence-corrected chi connectivity index (χ2v) is 23.1. The fourth-order valence-corrected chi connectivity index (χ4v) is 12.5. The van der Waals surface area contributed by atoms with Crippen LogP contribution in [-0.4, -0.2) is 0 Å². The predicted octanol–water partition coefficient (Wildman–Crippen LogP) is 21.1. The van der Waals surface area contributed by atoms with E-state index >= 15 is 0 Å². The number of halogens is 6. The van der Waals surface area contributed by atoms with Crippen molar-refractivity contribution in [3.05, 3.63) is 263 Å². The van der Waals surface area contributed by atoms with Gasteiger partial charge in [0, 0.05) is 34.1 Å². The minimum atomic E-state index is -4.52. The van der Waals surface area contributed by atoms with E-state index in [1.54, 1.807) is 0 Å². The third kappa shape index (κ3) is 8.00. The zero-order valence-corrected chi connectivity index (χ0v) is 44.4. The normalized spacial score (nSPS) is 13.7. The Kier molecular flexibility index (Phi) is 11.2. The fraction of sp³-hybridized carbons (Fsp3) is 0.155. The quantitative estimate of drug-likeness (QED) is 0.121. The number of rotatable bonds is 6. The first-order valence-corrected chi connectivity index (χ1v) is 26.6. The molecule has 8 heteroatoms. The number of fused-ring (bicyclic) bond motifs is 16. The Bertz CT molecular complexity index is 3930. The molecule has 0 radical (unpaired) electrons. The Labute approximate surface area is 455 Å². The van der Waals surface area contributed by atoms with Crippen LogP contribution in [0, 0.1) is 0 Å². The van der Waals surface area contributed by atoms with Crippen molar-refractivity contribution in [2.24, 2.45) is 0 Å². The molecule has 0 amide bonds. The molecule has 390 valence electrons. The minimum Gasteiger partial charge on any atom is -0.310 e. The highest BCUT2D eigenvalue weighted by Crippen LogP contribution is 2.65. The van der Waals surface area contributed by atoms with Gasteiger partial charge in [0.2, 0.25) is 0 Å². The molecular formula is C71H54F6N2. The topological polar surface area (TPSA) is 6.48 Å². The van der Waals surface area contributed by atoms with Gasteiger partial charge in [-0.3, -0.25) is 0 Å². The molecule has 0 N–H and O–H groups in total. The number of nitrogens with zero attached hydrogens (tertiary/aromatic N) is 2. The number of alkyl halides is 6. The highest BCUT2D eigenvalue weighted by Gasteiger charge is 2.52. The summed E-state index contributed by atoms with van der Waals surface area (Å²) in [7, 11) is 0. The van der Waals surface area contributed by atoms with E-state index < -0.39 is 28.9 Å². The molecule has 0 saturated heterocycles. The fourth-order valence-electron chi connectivity index (χ4n) is 12.5. The molecule has 0 saturated carbocycles. The van der Waals surface area contributed by atoms with Crippen molar-refractivity contribution in [1.29, 1.82) is 0 Å². The summed E-state index contributed by atoms with van der Waals surface area (Å²) in [5.41, 5.74) is 11.9. The third-order valence-corrected chi connectivity index (χ3v) is 16.4. The van der Waals surface area contributed by atoms with E-state index in [4.69, 9.17) is 0 Å². The van der Waals surface area contributed by atoms with E-state index in [-0.39, 0.29) is 10.8 Å². The first-order chi connectivity index (χ1) is 37.7. The van der Waals surface area contributed by atoms with Gasteiger partial charge < -0.3 is 9.80 Å². The summed E-state index contributed by atoms with van der Waals surface area (Å²) < 4.78 is 85.2. The predicted molar refractivity (Wildman–Crippen MR) is 312 cm³/mol. The highest BCUT2D eigenvalue weighted by atomic mass is 19.4. The smallest absolute Gasteiger partial charge is 0.310 e. The molecule has 2 nitrogen and oxygen atoms in total. The van der Waals surface area contributed by atoms with Gasteiger partial charge in [0.15, 0.2) is 0 Å². The summed E-state index contributed by atoms with van der Waals surface area (Å²) in [5, 5.41) is 6.78. The summed E-state index contributed by atoms with van der Waals surface area (Å²) in [6, 6.07) is 70.4. The number of hydrogen-bond donors (Lipinski definition) is 0. The van der Waals surface area contributed by atoms with Crippen LogP contribution in [0.2, 0.25) is 0 Å². The lowest BCUT2D eigenvalue weighted by atomic mass is 9.70. The molecule has 0 aromatic heterocycles. The van der Waals surface area contributed by atoms with Crippen molar-refractivity contribution < 1.29 is 26.3 Å². The van der Waals surface area contributed by atoms with Crippen LogP contribution in [0.15, 0.2) is 218 Å². The van der Waals surface area contributed by atoms with Gasteiger partial charge in [-0.05, 0) is 208 Å². The van der Waals surface area contributed by atoms with Gasteiger partial charge in [0.25, 0.3) is 0 Å². The number of hydrogen-bond acceptors (Lipinski definition) is 2. The van der Waals surface area contributed by atoms with E-state index in [0.717, 1.165) is 135 Å². The van der Waals surface area contributed by atoms with Crippen LogP contribution in [0.3, 0.4) is 0 Å². The van der Waals surface area contributed by atoms with E-state index in [1.807, 2.05) is 34.1 Å². The van der Waals surface area contributed by atoms with Crippen LogP contribution < -0.4 is 9.80 Å². The maximum absolute atomic E-state index is 14.2. The van der Waals surface area contributed by atoms with Crippen molar-refractivity contribution in [2.45, 2.75) is 70.1 Å². The van der Waals surface area contributed by atoms with Crippen LogP contribution in [0.4, 0.5) is 60.5 Å². The Hall–Kier alpha value is -8.62. The largest absolute Gasteiger partial charge is 0.416 e. The molecule has 0 aliphatic heterocycles. The second-order valence-electron chi connectivity index (χ2n) is 23.1. The summed E-state index contributed by atoms with van der Waals surface area (Å²) in [4.78, 5) is 4.06. The van der Waals surface area contributed by atoms with Crippen molar-refractivity contribution in [2.75, 3.05) is 9.80 Å². The van der Waals surface area contributed by atoms with Gasteiger partial charge in [-0.1, -0.05) is 151 Å². The molecule has 2 aliphatic rings. The lowest BCUT2D eigenvalue weighted by Crippen LogP contribution is -2.26.